The van der Waals surface area contributed by atoms with E-state index in [0.29, 0.717) is 6.42 Å². The number of halogens is 1. The lowest BCUT2D eigenvalue weighted by Crippen LogP contribution is -2.44. The van der Waals surface area contributed by atoms with Crippen molar-refractivity contribution in [3.63, 3.8) is 0 Å². The Balaban J connectivity index is 1.68. The molecule has 0 radical (unpaired) electrons. The second-order valence-electron chi connectivity index (χ2n) is 6.43. The van der Waals surface area contributed by atoms with E-state index in [-0.39, 0.29) is 36.6 Å². The monoisotopic (exact) mass is 322 g/mol. The van der Waals surface area contributed by atoms with Crippen LogP contribution in [0.4, 0.5) is 9.18 Å². The molecule has 1 aliphatic carbocycles. The van der Waals surface area contributed by atoms with E-state index in [4.69, 9.17) is 4.74 Å². The van der Waals surface area contributed by atoms with Crippen molar-refractivity contribution in [3.05, 3.63) is 35.6 Å². The maximum Gasteiger partial charge on any atom is 0.318 e. The Morgan fingerprint density at radius 3 is 2.91 bits per heavy atom. The van der Waals surface area contributed by atoms with Gasteiger partial charge in [0.25, 0.3) is 0 Å². The predicted octanol–water partition coefficient (Wildman–Crippen LogP) is 2.21. The number of hydrogen-bond acceptors (Lipinski definition) is 3. The first kappa shape index (κ1) is 16.2. The Hall–Kier alpha value is -1.66. The molecule has 2 fully saturated rings. The van der Waals surface area contributed by atoms with Crippen LogP contribution in [0, 0.1) is 5.82 Å². The Kier molecular flexibility index (Phi) is 4.82. The molecule has 1 aliphatic heterocycles. The van der Waals surface area contributed by atoms with Crippen molar-refractivity contribution in [3.8, 4) is 0 Å². The summed E-state index contributed by atoms with van der Waals surface area (Å²) in [5.41, 5.74) is 0.720. The van der Waals surface area contributed by atoms with Gasteiger partial charge in [0.2, 0.25) is 0 Å². The largest absolute Gasteiger partial charge is 0.391 e. The summed E-state index contributed by atoms with van der Waals surface area (Å²) in [4.78, 5) is 14.2. The van der Waals surface area contributed by atoms with Crippen LogP contribution in [0.15, 0.2) is 24.3 Å². The third-order valence-electron chi connectivity index (χ3n) is 4.82. The van der Waals surface area contributed by atoms with Crippen LogP contribution in [0.2, 0.25) is 0 Å². The first-order valence-electron chi connectivity index (χ1n) is 8.10. The fourth-order valence-electron chi connectivity index (χ4n) is 3.61. The van der Waals surface area contributed by atoms with Gasteiger partial charge in [-0.15, -0.1) is 0 Å². The Morgan fingerprint density at radius 2 is 2.22 bits per heavy atom. The number of benzene rings is 1. The molecule has 1 saturated carbocycles. The molecule has 2 aliphatic rings. The number of methoxy groups -OCH3 is 1. The molecule has 6 heteroatoms. The minimum atomic E-state index is -0.579. The van der Waals surface area contributed by atoms with E-state index in [9.17, 15) is 14.3 Å². The average Bonchev–Trinajstić information content (AvgIpc) is 3.13. The van der Waals surface area contributed by atoms with E-state index in [1.807, 2.05) is 0 Å². The number of aliphatic hydroxyl groups is 1. The van der Waals surface area contributed by atoms with E-state index < -0.39 is 6.10 Å². The van der Waals surface area contributed by atoms with Crippen molar-refractivity contribution >= 4 is 6.03 Å². The standard InChI is InChI=1S/C17H23FN2O3/c1-23-15-6-5-13(8-15)19-17(22)20-10-14(21)9-16(20)11-3-2-4-12(18)7-11/h2-4,7,13-16,21H,5-6,8-10H2,1H3,(H,19,22)/t13-,14-,15+,16-/m0/s1. The number of likely N-dealkylation sites (tertiary alicyclic amines) is 1. The molecule has 0 aromatic heterocycles. The number of rotatable bonds is 3. The summed E-state index contributed by atoms with van der Waals surface area (Å²) in [6.07, 6.45) is 2.70. The van der Waals surface area contributed by atoms with Gasteiger partial charge in [0.15, 0.2) is 0 Å². The third-order valence-corrected chi connectivity index (χ3v) is 4.82. The molecule has 1 heterocycles. The van der Waals surface area contributed by atoms with Gasteiger partial charge in [-0.2, -0.15) is 0 Å². The van der Waals surface area contributed by atoms with Crippen LogP contribution in [0.1, 0.15) is 37.3 Å². The summed E-state index contributed by atoms with van der Waals surface area (Å²) in [6, 6.07) is 5.84. The Bertz CT molecular complexity index is 569. The lowest BCUT2D eigenvalue weighted by molar-refractivity contribution is 0.106. The van der Waals surface area contributed by atoms with Crippen LogP contribution >= 0.6 is 0 Å². The molecule has 1 aromatic rings. The summed E-state index contributed by atoms with van der Waals surface area (Å²) in [5.74, 6) is -0.331. The van der Waals surface area contributed by atoms with Crippen molar-refractivity contribution in [2.75, 3.05) is 13.7 Å². The smallest absolute Gasteiger partial charge is 0.318 e. The predicted molar refractivity (Wildman–Crippen MR) is 83.4 cm³/mol. The second kappa shape index (κ2) is 6.84. The minimum Gasteiger partial charge on any atom is -0.391 e. The molecule has 0 spiro atoms. The molecule has 1 saturated heterocycles. The Morgan fingerprint density at radius 1 is 1.39 bits per heavy atom. The fraction of sp³-hybridized carbons (Fsp3) is 0.588. The average molecular weight is 322 g/mol. The fourth-order valence-corrected chi connectivity index (χ4v) is 3.61. The summed E-state index contributed by atoms with van der Waals surface area (Å²) in [6.45, 7) is 0.271. The number of nitrogens with one attached hydrogen (secondary N) is 1. The van der Waals surface area contributed by atoms with Crippen molar-refractivity contribution in [1.29, 1.82) is 0 Å². The molecule has 2 N–H and O–H groups in total. The van der Waals surface area contributed by atoms with Gasteiger partial charge in [0.05, 0.1) is 18.2 Å². The van der Waals surface area contributed by atoms with Gasteiger partial charge < -0.3 is 20.1 Å². The van der Waals surface area contributed by atoms with Gasteiger partial charge >= 0.3 is 6.03 Å². The number of carbonyl (C=O) groups is 1. The first-order valence-corrected chi connectivity index (χ1v) is 8.10. The molecule has 4 atom stereocenters. The normalized spacial score (nSPS) is 30.7. The summed E-state index contributed by atoms with van der Waals surface area (Å²) in [7, 11) is 1.69. The maximum atomic E-state index is 13.5. The highest BCUT2D eigenvalue weighted by atomic mass is 19.1. The van der Waals surface area contributed by atoms with Crippen LogP contribution in [0.3, 0.4) is 0 Å². The van der Waals surface area contributed by atoms with Crippen LogP contribution in [-0.4, -0.2) is 47.9 Å². The minimum absolute atomic E-state index is 0.0957. The first-order chi connectivity index (χ1) is 11.1. The highest BCUT2D eigenvalue weighted by Crippen LogP contribution is 2.33. The third kappa shape index (κ3) is 3.64. The number of urea groups is 1. The lowest BCUT2D eigenvalue weighted by atomic mass is 10.0. The number of aliphatic hydroxyl groups excluding tert-OH is 1. The van der Waals surface area contributed by atoms with Crippen LogP contribution in [0.25, 0.3) is 0 Å². The number of hydrogen-bond donors (Lipinski definition) is 2. The molecular weight excluding hydrogens is 299 g/mol. The number of nitrogens with zero attached hydrogens (tertiary/aromatic N) is 1. The zero-order valence-corrected chi connectivity index (χ0v) is 13.2. The van der Waals surface area contributed by atoms with Gasteiger partial charge in [-0.1, -0.05) is 12.1 Å². The van der Waals surface area contributed by atoms with Crippen LogP contribution in [0.5, 0.6) is 0 Å². The number of ether oxygens (including phenoxy) is 1. The lowest BCUT2D eigenvalue weighted by Gasteiger charge is -2.27. The zero-order valence-electron chi connectivity index (χ0n) is 13.2. The molecule has 3 rings (SSSR count). The van der Waals surface area contributed by atoms with E-state index in [2.05, 4.69) is 5.32 Å². The molecule has 23 heavy (non-hydrogen) atoms. The molecule has 1 aromatic carbocycles. The molecule has 0 unspecified atom stereocenters. The molecule has 5 nitrogen and oxygen atoms in total. The van der Waals surface area contributed by atoms with E-state index in [1.165, 1.54) is 12.1 Å². The molecule has 126 valence electrons. The highest BCUT2D eigenvalue weighted by molar-refractivity contribution is 5.75. The SMILES string of the molecule is CO[C@@H]1CC[C@H](NC(=O)N2C[C@@H](O)C[C@H]2c2cccc(F)c2)C1. The summed E-state index contributed by atoms with van der Waals surface area (Å²) in [5, 5.41) is 13.0. The van der Waals surface area contributed by atoms with Gasteiger partial charge in [-0.25, -0.2) is 9.18 Å². The topological polar surface area (TPSA) is 61.8 Å². The van der Waals surface area contributed by atoms with Crippen molar-refractivity contribution in [2.45, 2.75) is 50.0 Å². The van der Waals surface area contributed by atoms with Crippen molar-refractivity contribution in [1.82, 2.24) is 10.2 Å². The molecule has 2 amide bonds. The van der Waals surface area contributed by atoms with Gasteiger partial charge in [-0.3, -0.25) is 0 Å². The van der Waals surface area contributed by atoms with Crippen LogP contribution in [-0.2, 0) is 4.74 Å². The van der Waals surface area contributed by atoms with Crippen molar-refractivity contribution in [2.24, 2.45) is 0 Å². The van der Waals surface area contributed by atoms with E-state index >= 15 is 0 Å². The Labute approximate surface area is 135 Å². The molecular formula is C17H23FN2O3. The van der Waals surface area contributed by atoms with Gasteiger partial charge in [-0.05, 0) is 43.4 Å². The number of carbonyl (C=O) groups excluding carboxylic acids is 1. The summed E-state index contributed by atoms with van der Waals surface area (Å²) < 4.78 is 18.8. The van der Waals surface area contributed by atoms with E-state index in [1.54, 1.807) is 24.1 Å². The summed E-state index contributed by atoms with van der Waals surface area (Å²) >= 11 is 0. The van der Waals surface area contributed by atoms with E-state index in [0.717, 1.165) is 24.8 Å². The maximum absolute atomic E-state index is 13.5. The van der Waals surface area contributed by atoms with Gasteiger partial charge in [0, 0.05) is 19.7 Å². The van der Waals surface area contributed by atoms with Crippen molar-refractivity contribution < 1.29 is 19.0 Å². The molecule has 0 bridgehead atoms. The number of amides is 2. The highest BCUT2D eigenvalue weighted by Gasteiger charge is 2.37. The second-order valence-corrected chi connectivity index (χ2v) is 6.43. The quantitative estimate of drug-likeness (QED) is 0.897. The van der Waals surface area contributed by atoms with Gasteiger partial charge in [0.1, 0.15) is 5.82 Å². The number of β-amino-alcohol motifs (C(OH)–C–C–N with tert-alkyl or cyclic N) is 1. The van der Waals surface area contributed by atoms with Crippen LogP contribution < -0.4 is 5.32 Å². The zero-order chi connectivity index (χ0) is 16.4.